The number of nitrogens with zero attached hydrogens (tertiary/aromatic N) is 1. The molecular formula is C13H16N2O4S. The van der Waals surface area contributed by atoms with Crippen molar-refractivity contribution in [2.45, 2.75) is 31.4 Å². The van der Waals surface area contributed by atoms with E-state index >= 15 is 0 Å². The highest BCUT2D eigenvalue weighted by Gasteiger charge is 2.23. The van der Waals surface area contributed by atoms with Gasteiger partial charge < -0.3 is 5.11 Å². The Balaban J connectivity index is 2.86. The van der Waals surface area contributed by atoms with Gasteiger partial charge in [-0.1, -0.05) is 19.1 Å². The molecule has 1 atom stereocenters. The minimum atomic E-state index is -3.75. The van der Waals surface area contributed by atoms with Crippen LogP contribution >= 0.6 is 0 Å². The summed E-state index contributed by atoms with van der Waals surface area (Å²) in [7, 11) is -3.75. The molecule has 0 amide bonds. The summed E-state index contributed by atoms with van der Waals surface area (Å²) >= 11 is 0. The second-order valence-corrected chi connectivity index (χ2v) is 6.13. The number of aryl methyl sites for hydroxylation is 1. The molecule has 6 nitrogen and oxygen atoms in total. The van der Waals surface area contributed by atoms with E-state index in [1.54, 1.807) is 37.3 Å². The van der Waals surface area contributed by atoms with Crippen molar-refractivity contribution in [3.05, 3.63) is 29.8 Å². The second kappa shape index (κ2) is 6.91. The number of benzene rings is 1. The molecule has 1 aromatic carbocycles. The molecule has 0 aromatic heterocycles. The highest BCUT2D eigenvalue weighted by molar-refractivity contribution is 7.93. The van der Waals surface area contributed by atoms with E-state index in [0.717, 1.165) is 5.56 Å². The number of hydrogen-bond donors (Lipinski definition) is 2. The number of nitrogens with one attached hydrogen (secondary N) is 1. The Morgan fingerprint density at radius 2 is 2.20 bits per heavy atom. The fourth-order valence-electron chi connectivity index (χ4n) is 1.66. The Labute approximate surface area is 118 Å². The van der Waals surface area contributed by atoms with Gasteiger partial charge in [-0.15, -0.1) is 0 Å². The standard InChI is InChI=1S/C13H16N2O4S/c1-2-12(9-14)20(18,19)15-11-5-3-4-10(8-11)6-7-13(16)17/h3-5,8,12,15H,2,6-7H2,1H3,(H,16,17). The Kier molecular flexibility index (Phi) is 5.53. The summed E-state index contributed by atoms with van der Waals surface area (Å²) in [4.78, 5) is 10.5. The molecule has 108 valence electrons. The Hall–Kier alpha value is -2.07. The van der Waals surface area contributed by atoms with Crippen LogP contribution in [0.1, 0.15) is 25.3 Å². The molecule has 1 rings (SSSR count). The Bertz CT molecular complexity index is 620. The molecule has 0 heterocycles. The van der Waals surface area contributed by atoms with Crippen LogP contribution in [0.5, 0.6) is 0 Å². The predicted octanol–water partition coefficient (Wildman–Crippen LogP) is 1.75. The van der Waals surface area contributed by atoms with Crippen molar-refractivity contribution in [2.24, 2.45) is 0 Å². The van der Waals surface area contributed by atoms with E-state index in [1.807, 2.05) is 0 Å². The average Bonchev–Trinajstić information content (AvgIpc) is 2.37. The molecule has 0 aliphatic heterocycles. The Morgan fingerprint density at radius 1 is 1.50 bits per heavy atom. The molecular weight excluding hydrogens is 280 g/mol. The minimum Gasteiger partial charge on any atom is -0.481 e. The lowest BCUT2D eigenvalue weighted by Gasteiger charge is -2.12. The molecule has 1 unspecified atom stereocenters. The van der Waals surface area contributed by atoms with Crippen LogP contribution in [0.15, 0.2) is 24.3 Å². The van der Waals surface area contributed by atoms with Gasteiger partial charge in [-0.2, -0.15) is 5.26 Å². The van der Waals surface area contributed by atoms with Gasteiger partial charge in [0.2, 0.25) is 10.0 Å². The maximum Gasteiger partial charge on any atom is 0.303 e. The van der Waals surface area contributed by atoms with E-state index in [2.05, 4.69) is 4.72 Å². The van der Waals surface area contributed by atoms with Gasteiger partial charge in [-0.05, 0) is 30.5 Å². The largest absolute Gasteiger partial charge is 0.481 e. The second-order valence-electron chi connectivity index (χ2n) is 4.27. The lowest BCUT2D eigenvalue weighted by Crippen LogP contribution is -2.25. The smallest absolute Gasteiger partial charge is 0.303 e. The van der Waals surface area contributed by atoms with Crippen molar-refractivity contribution in [3.63, 3.8) is 0 Å². The number of rotatable bonds is 7. The first kappa shape index (κ1) is 16.0. The molecule has 0 saturated heterocycles. The van der Waals surface area contributed by atoms with Crippen LogP contribution in [0.2, 0.25) is 0 Å². The maximum absolute atomic E-state index is 11.9. The molecule has 7 heteroatoms. The monoisotopic (exact) mass is 296 g/mol. The van der Waals surface area contributed by atoms with Crippen molar-refractivity contribution in [1.29, 1.82) is 5.26 Å². The van der Waals surface area contributed by atoms with Gasteiger partial charge in [0.1, 0.15) is 0 Å². The van der Waals surface area contributed by atoms with Crippen molar-refractivity contribution in [1.82, 2.24) is 0 Å². The number of anilines is 1. The zero-order chi connectivity index (χ0) is 15.2. The normalized spacial score (nSPS) is 12.4. The quantitative estimate of drug-likeness (QED) is 0.797. The highest BCUT2D eigenvalue weighted by Crippen LogP contribution is 2.16. The van der Waals surface area contributed by atoms with Crippen LogP contribution in [-0.2, 0) is 21.2 Å². The number of sulfonamides is 1. The molecule has 0 fully saturated rings. The number of aliphatic carboxylic acids is 1. The van der Waals surface area contributed by atoms with E-state index in [1.165, 1.54) is 0 Å². The third-order valence-corrected chi connectivity index (χ3v) is 4.41. The molecule has 0 spiro atoms. The van der Waals surface area contributed by atoms with Gasteiger partial charge in [-0.25, -0.2) is 8.42 Å². The number of hydrogen-bond acceptors (Lipinski definition) is 4. The molecule has 0 aliphatic carbocycles. The zero-order valence-electron chi connectivity index (χ0n) is 11.0. The molecule has 20 heavy (non-hydrogen) atoms. The molecule has 1 aromatic rings. The van der Waals surface area contributed by atoms with Crippen LogP contribution in [0, 0.1) is 11.3 Å². The van der Waals surface area contributed by atoms with Gasteiger partial charge in [0.25, 0.3) is 0 Å². The summed E-state index contributed by atoms with van der Waals surface area (Å²) in [6.07, 6.45) is 0.497. The van der Waals surface area contributed by atoms with Crippen molar-refractivity contribution >= 4 is 21.7 Å². The summed E-state index contributed by atoms with van der Waals surface area (Å²) in [5.74, 6) is -0.911. The number of carbonyl (C=O) groups is 1. The molecule has 0 radical (unpaired) electrons. The fourth-order valence-corrected chi connectivity index (χ4v) is 2.83. The topological polar surface area (TPSA) is 107 Å². The highest BCUT2D eigenvalue weighted by atomic mass is 32.2. The molecule has 2 N–H and O–H groups in total. The zero-order valence-corrected chi connectivity index (χ0v) is 11.9. The van der Waals surface area contributed by atoms with Crippen molar-refractivity contribution in [3.8, 4) is 6.07 Å². The first-order valence-electron chi connectivity index (χ1n) is 6.11. The van der Waals surface area contributed by atoms with E-state index in [9.17, 15) is 13.2 Å². The van der Waals surface area contributed by atoms with E-state index in [0.29, 0.717) is 12.1 Å². The van der Waals surface area contributed by atoms with Gasteiger partial charge in [-0.3, -0.25) is 9.52 Å². The van der Waals surface area contributed by atoms with E-state index < -0.39 is 21.2 Å². The first-order valence-corrected chi connectivity index (χ1v) is 7.65. The first-order chi connectivity index (χ1) is 9.39. The summed E-state index contributed by atoms with van der Waals surface area (Å²) in [6, 6.07) is 8.24. The SMILES string of the molecule is CCC(C#N)S(=O)(=O)Nc1cccc(CCC(=O)O)c1. The molecule has 0 aliphatic rings. The summed E-state index contributed by atoms with van der Waals surface area (Å²) in [5, 5.41) is 16.3. The third kappa shape index (κ3) is 4.55. The maximum atomic E-state index is 11.9. The lowest BCUT2D eigenvalue weighted by atomic mass is 10.1. The summed E-state index contributed by atoms with van der Waals surface area (Å²) in [6.45, 7) is 1.62. The van der Waals surface area contributed by atoms with Crippen LogP contribution in [0.3, 0.4) is 0 Å². The van der Waals surface area contributed by atoms with Crippen LogP contribution < -0.4 is 4.72 Å². The van der Waals surface area contributed by atoms with E-state index in [-0.39, 0.29) is 12.8 Å². The number of carboxylic acids is 1. The van der Waals surface area contributed by atoms with Gasteiger partial charge in [0.05, 0.1) is 6.07 Å². The number of carboxylic acid groups (broad SMARTS) is 1. The van der Waals surface area contributed by atoms with Gasteiger partial charge in [0.15, 0.2) is 5.25 Å². The lowest BCUT2D eigenvalue weighted by molar-refractivity contribution is -0.136. The molecule has 0 bridgehead atoms. The van der Waals surface area contributed by atoms with Gasteiger partial charge in [0, 0.05) is 12.1 Å². The van der Waals surface area contributed by atoms with Crippen LogP contribution in [0.4, 0.5) is 5.69 Å². The minimum absolute atomic E-state index is 0.0218. The third-order valence-electron chi connectivity index (χ3n) is 2.70. The van der Waals surface area contributed by atoms with Crippen LogP contribution in [0.25, 0.3) is 0 Å². The van der Waals surface area contributed by atoms with E-state index in [4.69, 9.17) is 10.4 Å². The predicted molar refractivity (Wildman–Crippen MR) is 74.6 cm³/mol. The average molecular weight is 296 g/mol. The van der Waals surface area contributed by atoms with Crippen LogP contribution in [-0.4, -0.2) is 24.7 Å². The van der Waals surface area contributed by atoms with Crippen molar-refractivity contribution < 1.29 is 18.3 Å². The number of nitriles is 1. The molecule has 0 saturated carbocycles. The Morgan fingerprint density at radius 3 is 2.75 bits per heavy atom. The summed E-state index contributed by atoms with van der Waals surface area (Å²) < 4.78 is 26.2. The van der Waals surface area contributed by atoms with Crippen molar-refractivity contribution in [2.75, 3.05) is 4.72 Å². The fraction of sp³-hybridized carbons (Fsp3) is 0.385. The summed E-state index contributed by atoms with van der Waals surface area (Å²) in [5.41, 5.74) is 1.05. The van der Waals surface area contributed by atoms with Gasteiger partial charge >= 0.3 is 5.97 Å².